The number of hydrogen-bond acceptors (Lipinski definition) is 2. The SMILES string of the molecule is C=CCCCN(C)C(=O)Nc1ccc(C(=O)O)c(F)c1. The van der Waals surface area contributed by atoms with Gasteiger partial charge in [0.05, 0.1) is 5.56 Å². The molecular formula is C14H17FN2O3. The van der Waals surface area contributed by atoms with Crippen LogP contribution in [0.5, 0.6) is 0 Å². The number of allylic oxidation sites excluding steroid dienone is 1. The van der Waals surface area contributed by atoms with Crippen molar-refractivity contribution in [2.24, 2.45) is 0 Å². The van der Waals surface area contributed by atoms with Crippen LogP contribution in [0.15, 0.2) is 30.9 Å². The molecule has 0 aliphatic rings. The number of amides is 2. The summed E-state index contributed by atoms with van der Waals surface area (Å²) < 4.78 is 13.4. The molecule has 0 spiro atoms. The number of carboxylic acid groups (broad SMARTS) is 1. The highest BCUT2D eigenvalue weighted by molar-refractivity contribution is 5.91. The predicted octanol–water partition coefficient (Wildman–Crippen LogP) is 2.95. The van der Waals surface area contributed by atoms with Gasteiger partial charge >= 0.3 is 12.0 Å². The Balaban J connectivity index is 2.64. The van der Waals surface area contributed by atoms with E-state index in [1.807, 2.05) is 0 Å². The molecule has 0 radical (unpaired) electrons. The number of nitrogens with one attached hydrogen (secondary N) is 1. The zero-order valence-electron chi connectivity index (χ0n) is 11.2. The minimum atomic E-state index is -1.35. The summed E-state index contributed by atoms with van der Waals surface area (Å²) in [6.45, 7) is 4.14. The summed E-state index contributed by atoms with van der Waals surface area (Å²) in [6, 6.07) is 3.07. The summed E-state index contributed by atoms with van der Waals surface area (Å²) in [6.07, 6.45) is 3.37. The summed E-state index contributed by atoms with van der Waals surface area (Å²) in [5.41, 5.74) is -0.213. The third kappa shape index (κ3) is 4.38. The number of urea groups is 1. The van der Waals surface area contributed by atoms with E-state index in [1.54, 1.807) is 13.1 Å². The van der Waals surface area contributed by atoms with Crippen molar-refractivity contribution in [3.05, 3.63) is 42.2 Å². The van der Waals surface area contributed by atoms with Crippen molar-refractivity contribution in [2.45, 2.75) is 12.8 Å². The summed E-state index contributed by atoms with van der Waals surface area (Å²) in [4.78, 5) is 23.9. The fraction of sp³-hybridized carbons (Fsp3) is 0.286. The number of benzene rings is 1. The first-order valence-corrected chi connectivity index (χ1v) is 6.11. The van der Waals surface area contributed by atoms with Gasteiger partial charge in [0.1, 0.15) is 5.82 Å². The average molecular weight is 280 g/mol. The minimum Gasteiger partial charge on any atom is -0.478 e. The number of anilines is 1. The molecule has 5 nitrogen and oxygen atoms in total. The van der Waals surface area contributed by atoms with E-state index < -0.39 is 17.3 Å². The van der Waals surface area contributed by atoms with Gasteiger partial charge in [-0.05, 0) is 31.0 Å². The fourth-order valence-corrected chi connectivity index (χ4v) is 1.56. The van der Waals surface area contributed by atoms with Crippen LogP contribution < -0.4 is 5.32 Å². The number of aromatic carboxylic acids is 1. The van der Waals surface area contributed by atoms with Crippen LogP contribution in [0.1, 0.15) is 23.2 Å². The summed E-state index contributed by atoms with van der Waals surface area (Å²) in [7, 11) is 1.63. The Bertz CT molecular complexity index is 517. The number of halogens is 1. The molecule has 20 heavy (non-hydrogen) atoms. The zero-order chi connectivity index (χ0) is 15.1. The van der Waals surface area contributed by atoms with E-state index in [-0.39, 0.29) is 11.7 Å². The maximum atomic E-state index is 13.4. The van der Waals surface area contributed by atoms with Gasteiger partial charge in [-0.1, -0.05) is 6.08 Å². The third-order valence-electron chi connectivity index (χ3n) is 2.70. The molecule has 0 atom stereocenters. The molecule has 0 fully saturated rings. The highest BCUT2D eigenvalue weighted by atomic mass is 19.1. The Morgan fingerprint density at radius 1 is 1.50 bits per heavy atom. The average Bonchev–Trinajstić information content (AvgIpc) is 2.38. The molecule has 1 aromatic carbocycles. The smallest absolute Gasteiger partial charge is 0.338 e. The standard InChI is InChI=1S/C14H17FN2O3/c1-3-4-5-8-17(2)14(20)16-10-6-7-11(13(18)19)12(15)9-10/h3,6-7,9H,1,4-5,8H2,2H3,(H,16,20)(H,18,19). The second-order valence-corrected chi connectivity index (χ2v) is 4.28. The Labute approximate surface area is 116 Å². The number of unbranched alkanes of at least 4 members (excludes halogenated alkanes) is 1. The maximum absolute atomic E-state index is 13.4. The molecule has 0 aliphatic heterocycles. The van der Waals surface area contributed by atoms with Gasteiger partial charge < -0.3 is 15.3 Å². The van der Waals surface area contributed by atoms with Gasteiger partial charge in [0, 0.05) is 19.3 Å². The molecular weight excluding hydrogens is 263 g/mol. The first kappa shape index (κ1) is 15.7. The molecule has 0 aromatic heterocycles. The summed E-state index contributed by atoms with van der Waals surface area (Å²) in [5.74, 6) is -2.23. The molecule has 0 unspecified atom stereocenters. The largest absolute Gasteiger partial charge is 0.478 e. The molecule has 6 heteroatoms. The van der Waals surface area contributed by atoms with Crippen LogP contribution in [-0.2, 0) is 0 Å². The van der Waals surface area contributed by atoms with E-state index in [0.29, 0.717) is 6.54 Å². The summed E-state index contributed by atoms with van der Waals surface area (Å²) in [5, 5.41) is 11.2. The van der Waals surface area contributed by atoms with Crippen molar-refractivity contribution in [1.82, 2.24) is 4.90 Å². The molecule has 0 saturated heterocycles. The zero-order valence-corrected chi connectivity index (χ0v) is 11.2. The van der Waals surface area contributed by atoms with Crippen LogP contribution >= 0.6 is 0 Å². The van der Waals surface area contributed by atoms with E-state index in [4.69, 9.17) is 5.11 Å². The lowest BCUT2D eigenvalue weighted by molar-refractivity contribution is 0.0692. The number of nitrogens with zero attached hydrogens (tertiary/aromatic N) is 1. The lowest BCUT2D eigenvalue weighted by atomic mass is 10.2. The predicted molar refractivity (Wildman–Crippen MR) is 74.4 cm³/mol. The Morgan fingerprint density at radius 2 is 2.20 bits per heavy atom. The lowest BCUT2D eigenvalue weighted by Crippen LogP contribution is -2.32. The van der Waals surface area contributed by atoms with Gasteiger partial charge in [-0.15, -0.1) is 6.58 Å². The van der Waals surface area contributed by atoms with Crippen LogP contribution in [0.3, 0.4) is 0 Å². The Kier molecular flexibility index (Phi) is 5.71. The Hall–Kier alpha value is -2.37. The van der Waals surface area contributed by atoms with Crippen LogP contribution in [-0.4, -0.2) is 35.6 Å². The van der Waals surface area contributed by atoms with Gasteiger partial charge in [-0.2, -0.15) is 0 Å². The van der Waals surface area contributed by atoms with Gasteiger partial charge in [0.15, 0.2) is 0 Å². The minimum absolute atomic E-state index is 0.216. The van der Waals surface area contributed by atoms with Crippen LogP contribution in [0.2, 0.25) is 0 Å². The second kappa shape index (κ2) is 7.28. The number of carbonyl (C=O) groups is 2. The van der Waals surface area contributed by atoms with Crippen LogP contribution in [0.4, 0.5) is 14.9 Å². The lowest BCUT2D eigenvalue weighted by Gasteiger charge is -2.17. The number of carboxylic acids is 1. The molecule has 2 N–H and O–H groups in total. The van der Waals surface area contributed by atoms with Crippen molar-refractivity contribution >= 4 is 17.7 Å². The molecule has 1 aromatic rings. The monoisotopic (exact) mass is 280 g/mol. The molecule has 0 aliphatic carbocycles. The topological polar surface area (TPSA) is 69.6 Å². The van der Waals surface area contributed by atoms with Crippen molar-refractivity contribution < 1.29 is 19.1 Å². The molecule has 0 saturated carbocycles. The number of hydrogen-bond donors (Lipinski definition) is 2. The van der Waals surface area contributed by atoms with Gasteiger partial charge in [-0.25, -0.2) is 14.0 Å². The van der Waals surface area contributed by atoms with Gasteiger partial charge in [0.25, 0.3) is 0 Å². The highest BCUT2D eigenvalue weighted by Gasteiger charge is 2.13. The van der Waals surface area contributed by atoms with Crippen LogP contribution in [0.25, 0.3) is 0 Å². The first-order valence-electron chi connectivity index (χ1n) is 6.11. The molecule has 0 heterocycles. The van der Waals surface area contributed by atoms with Crippen molar-refractivity contribution in [3.8, 4) is 0 Å². The normalized spacial score (nSPS) is 9.90. The number of rotatable bonds is 6. The van der Waals surface area contributed by atoms with E-state index in [2.05, 4.69) is 11.9 Å². The van der Waals surface area contributed by atoms with E-state index >= 15 is 0 Å². The van der Waals surface area contributed by atoms with Gasteiger partial charge in [-0.3, -0.25) is 0 Å². The first-order chi connectivity index (χ1) is 9.45. The number of carbonyl (C=O) groups excluding carboxylic acids is 1. The van der Waals surface area contributed by atoms with E-state index in [1.165, 1.54) is 11.0 Å². The van der Waals surface area contributed by atoms with Gasteiger partial charge in [0.2, 0.25) is 0 Å². The highest BCUT2D eigenvalue weighted by Crippen LogP contribution is 2.15. The Morgan fingerprint density at radius 3 is 2.75 bits per heavy atom. The molecule has 2 amide bonds. The fourth-order valence-electron chi connectivity index (χ4n) is 1.56. The van der Waals surface area contributed by atoms with Crippen molar-refractivity contribution in [2.75, 3.05) is 18.9 Å². The maximum Gasteiger partial charge on any atom is 0.338 e. The third-order valence-corrected chi connectivity index (χ3v) is 2.70. The van der Waals surface area contributed by atoms with E-state index in [0.717, 1.165) is 25.0 Å². The summed E-state index contributed by atoms with van der Waals surface area (Å²) >= 11 is 0. The molecule has 0 bridgehead atoms. The second-order valence-electron chi connectivity index (χ2n) is 4.28. The van der Waals surface area contributed by atoms with Crippen molar-refractivity contribution in [3.63, 3.8) is 0 Å². The van der Waals surface area contributed by atoms with E-state index in [9.17, 15) is 14.0 Å². The van der Waals surface area contributed by atoms with Crippen LogP contribution in [0, 0.1) is 5.82 Å². The quantitative estimate of drug-likeness (QED) is 0.621. The molecule has 1 rings (SSSR count). The van der Waals surface area contributed by atoms with Crippen molar-refractivity contribution in [1.29, 1.82) is 0 Å². The molecule has 108 valence electrons.